The van der Waals surface area contributed by atoms with Crippen LogP contribution in [0.25, 0.3) is 0 Å². The molecule has 9 heteroatoms. The van der Waals surface area contributed by atoms with Crippen molar-refractivity contribution >= 4 is 29.0 Å². The van der Waals surface area contributed by atoms with E-state index in [-0.39, 0.29) is 49.6 Å². The maximum atomic E-state index is 14.0. The first-order chi connectivity index (χ1) is 18.7. The molecule has 0 spiro atoms. The lowest BCUT2D eigenvalue weighted by Gasteiger charge is -2.34. The first-order valence-electron chi connectivity index (χ1n) is 14.3. The molecule has 7 nitrogen and oxygen atoms in total. The Morgan fingerprint density at radius 3 is 2.77 bits per heavy atom. The van der Waals surface area contributed by atoms with Gasteiger partial charge >= 0.3 is 0 Å². The summed E-state index contributed by atoms with van der Waals surface area (Å²) in [6.45, 7) is 2.49. The van der Waals surface area contributed by atoms with Crippen LogP contribution >= 0.6 is 11.6 Å². The number of ether oxygens (including phenoxy) is 1. The summed E-state index contributed by atoms with van der Waals surface area (Å²) < 4.78 is 20.1. The van der Waals surface area contributed by atoms with Gasteiger partial charge in [0.1, 0.15) is 17.6 Å². The van der Waals surface area contributed by atoms with E-state index in [4.69, 9.17) is 21.7 Å². The molecule has 0 bridgehead atoms. The van der Waals surface area contributed by atoms with Gasteiger partial charge in [0, 0.05) is 24.2 Å². The fourth-order valence-electron chi connectivity index (χ4n) is 6.58. The number of amides is 1. The lowest BCUT2D eigenvalue weighted by Crippen LogP contribution is -2.49. The second-order valence-corrected chi connectivity index (χ2v) is 12.3. The van der Waals surface area contributed by atoms with Crippen molar-refractivity contribution in [3.63, 3.8) is 0 Å². The van der Waals surface area contributed by atoms with Gasteiger partial charge in [-0.05, 0) is 80.8 Å². The standard InChI is InChI=1S/C30H39ClFN3O4/c1-17-12-21(39-27-5-3-2-4-23(27)31)9-7-18(17)6-8-20(36)15-34-25-14-19-13-22(19)28(25)29(33)30(38)35-11-10-26(37)24(32)16-35/h2-5,17-19,21-22,24,26,33-34,37H,6-16H2,1H3/t17-,18?,19-,21-,22-,24+,26-/m1/s1. The molecule has 1 aromatic rings. The second kappa shape index (κ2) is 12.0. The highest BCUT2D eigenvalue weighted by molar-refractivity contribution is 6.44. The molecule has 1 unspecified atom stereocenters. The summed E-state index contributed by atoms with van der Waals surface area (Å²) in [6.07, 6.45) is 3.73. The highest BCUT2D eigenvalue weighted by Crippen LogP contribution is 2.54. The van der Waals surface area contributed by atoms with E-state index in [1.165, 1.54) is 4.90 Å². The first kappa shape index (κ1) is 28.1. The lowest BCUT2D eigenvalue weighted by molar-refractivity contribution is -0.128. The van der Waals surface area contributed by atoms with Gasteiger partial charge in [-0.3, -0.25) is 15.0 Å². The normalized spacial score (nSPS) is 32.0. The molecule has 1 saturated heterocycles. The molecule has 1 heterocycles. The largest absolute Gasteiger partial charge is 0.489 e. The van der Waals surface area contributed by atoms with E-state index < -0.39 is 18.2 Å². The highest BCUT2D eigenvalue weighted by Gasteiger charge is 2.50. The number of allylic oxidation sites excluding steroid dienone is 1. The number of fused-ring (bicyclic) bond motifs is 1. The third-order valence-corrected chi connectivity index (χ3v) is 9.40. The molecule has 212 valence electrons. The minimum absolute atomic E-state index is 0.0943. The highest BCUT2D eigenvalue weighted by atomic mass is 35.5. The molecule has 0 aromatic heterocycles. The van der Waals surface area contributed by atoms with Crippen LogP contribution in [0.5, 0.6) is 5.75 Å². The van der Waals surface area contributed by atoms with Crippen molar-refractivity contribution in [1.29, 1.82) is 5.41 Å². The maximum absolute atomic E-state index is 14.0. The van der Waals surface area contributed by atoms with E-state index in [0.717, 1.165) is 50.0 Å². The van der Waals surface area contributed by atoms with Crippen LogP contribution < -0.4 is 10.1 Å². The number of benzene rings is 1. The van der Waals surface area contributed by atoms with Gasteiger partial charge in [0.15, 0.2) is 5.78 Å². The van der Waals surface area contributed by atoms with Crippen molar-refractivity contribution in [3.8, 4) is 5.75 Å². The number of rotatable bonds is 10. The Morgan fingerprint density at radius 2 is 2.03 bits per heavy atom. The number of hydrogen-bond donors (Lipinski definition) is 3. The van der Waals surface area contributed by atoms with Crippen molar-refractivity contribution in [2.75, 3.05) is 19.6 Å². The fraction of sp³-hybridized carbons (Fsp3) is 0.633. The predicted octanol–water partition coefficient (Wildman–Crippen LogP) is 4.71. The number of Topliss-reactive ketones (excluding diaryl/α,β-unsaturated/α-hetero) is 1. The molecule has 39 heavy (non-hydrogen) atoms. The first-order valence-corrected chi connectivity index (χ1v) is 14.7. The summed E-state index contributed by atoms with van der Waals surface area (Å²) in [7, 11) is 0. The zero-order valence-corrected chi connectivity index (χ0v) is 23.3. The van der Waals surface area contributed by atoms with Gasteiger partial charge in [0.2, 0.25) is 0 Å². The molecule has 3 fully saturated rings. The summed E-state index contributed by atoms with van der Waals surface area (Å²) in [5.41, 5.74) is 1.43. The van der Waals surface area contributed by atoms with Crippen LogP contribution in [0.1, 0.15) is 58.3 Å². The van der Waals surface area contributed by atoms with Crippen molar-refractivity contribution in [1.82, 2.24) is 10.2 Å². The van der Waals surface area contributed by atoms with Gasteiger partial charge in [0.25, 0.3) is 5.91 Å². The van der Waals surface area contributed by atoms with Crippen LogP contribution in [0.2, 0.25) is 5.02 Å². The Bertz CT molecular complexity index is 1140. The van der Waals surface area contributed by atoms with Gasteiger partial charge in [-0.1, -0.05) is 30.7 Å². The van der Waals surface area contributed by atoms with E-state index in [2.05, 4.69) is 12.2 Å². The minimum atomic E-state index is -1.48. The molecular weight excluding hydrogens is 521 g/mol. The molecule has 3 aliphatic carbocycles. The van der Waals surface area contributed by atoms with Crippen molar-refractivity contribution in [2.45, 2.75) is 76.7 Å². The van der Waals surface area contributed by atoms with Gasteiger partial charge in [0.05, 0.1) is 30.3 Å². The molecule has 1 aromatic carbocycles. The molecule has 3 N–H and O–H groups in total. The SMILES string of the molecule is C[C@@H]1C[C@H](Oc2ccccc2Cl)CCC1CCC(=O)CNC1=C(C(=N)C(=O)N2CC[C@@H](O)[C@@H](F)C2)[C@@H]2C[C@@H]2C1. The zero-order chi connectivity index (χ0) is 27.7. The van der Waals surface area contributed by atoms with Gasteiger partial charge in [-0.2, -0.15) is 0 Å². The fourth-order valence-corrected chi connectivity index (χ4v) is 6.76. The number of nitrogens with one attached hydrogen (secondary N) is 2. The monoisotopic (exact) mass is 559 g/mol. The average Bonchev–Trinajstić information content (AvgIpc) is 3.58. The van der Waals surface area contributed by atoms with E-state index in [9.17, 15) is 19.1 Å². The molecule has 1 aliphatic heterocycles. The number of hydrogen-bond acceptors (Lipinski definition) is 6. The zero-order valence-electron chi connectivity index (χ0n) is 22.5. The molecule has 2 saturated carbocycles. The molecular formula is C30H39ClFN3O4. The van der Waals surface area contributed by atoms with Crippen LogP contribution in [-0.2, 0) is 9.59 Å². The van der Waals surface area contributed by atoms with E-state index in [1.807, 2.05) is 24.3 Å². The third-order valence-electron chi connectivity index (χ3n) is 9.08. The Hall–Kier alpha value is -2.45. The number of aliphatic hydroxyl groups excluding tert-OH is 1. The quantitative estimate of drug-likeness (QED) is 0.360. The number of carbonyl (C=O) groups excluding carboxylic acids is 2. The second-order valence-electron chi connectivity index (χ2n) is 11.8. The predicted molar refractivity (Wildman–Crippen MR) is 148 cm³/mol. The molecule has 5 rings (SSSR count). The van der Waals surface area contributed by atoms with Gasteiger partial charge in [-0.25, -0.2) is 4.39 Å². The van der Waals surface area contributed by atoms with E-state index >= 15 is 0 Å². The summed E-state index contributed by atoms with van der Waals surface area (Å²) >= 11 is 6.24. The summed E-state index contributed by atoms with van der Waals surface area (Å²) in [5, 5.41) is 22.1. The smallest absolute Gasteiger partial charge is 0.272 e. The molecule has 0 radical (unpaired) electrons. The number of ketones is 1. The van der Waals surface area contributed by atoms with Crippen molar-refractivity contribution in [2.24, 2.45) is 23.7 Å². The number of piperidine rings is 1. The van der Waals surface area contributed by atoms with Crippen molar-refractivity contribution < 1.29 is 23.8 Å². The van der Waals surface area contributed by atoms with Crippen LogP contribution in [0, 0.1) is 29.1 Å². The number of likely N-dealkylation sites (tertiary alicyclic amines) is 1. The molecule has 4 aliphatic rings. The topological polar surface area (TPSA) is 103 Å². The summed E-state index contributed by atoms with van der Waals surface area (Å²) in [4.78, 5) is 27.1. The van der Waals surface area contributed by atoms with Crippen LogP contribution in [0.4, 0.5) is 4.39 Å². The van der Waals surface area contributed by atoms with Crippen LogP contribution in [0.3, 0.4) is 0 Å². The Morgan fingerprint density at radius 1 is 1.23 bits per heavy atom. The Balaban J connectivity index is 1.08. The summed E-state index contributed by atoms with van der Waals surface area (Å²) in [6, 6.07) is 7.55. The maximum Gasteiger partial charge on any atom is 0.272 e. The van der Waals surface area contributed by atoms with Crippen LogP contribution in [-0.4, -0.2) is 65.4 Å². The van der Waals surface area contributed by atoms with Gasteiger partial charge < -0.3 is 20.1 Å². The van der Waals surface area contributed by atoms with Gasteiger partial charge in [-0.15, -0.1) is 0 Å². The number of nitrogens with zero attached hydrogens (tertiary/aromatic N) is 1. The molecule has 1 amide bonds. The number of aliphatic hydroxyl groups is 1. The Kier molecular flexibility index (Phi) is 8.62. The summed E-state index contributed by atoms with van der Waals surface area (Å²) in [5.74, 6) is 1.90. The number of carbonyl (C=O) groups is 2. The third kappa shape index (κ3) is 6.49. The minimum Gasteiger partial charge on any atom is -0.489 e. The molecule has 7 atom stereocenters. The Labute approximate surface area is 234 Å². The lowest BCUT2D eigenvalue weighted by atomic mass is 9.76. The average molecular weight is 560 g/mol. The van der Waals surface area contributed by atoms with Crippen molar-refractivity contribution in [3.05, 3.63) is 40.6 Å². The van der Waals surface area contributed by atoms with Crippen LogP contribution in [0.15, 0.2) is 35.5 Å². The number of halogens is 2. The number of alkyl halides is 1. The van der Waals surface area contributed by atoms with E-state index in [0.29, 0.717) is 34.8 Å². The number of para-hydroxylation sites is 1. The van der Waals surface area contributed by atoms with E-state index in [1.54, 1.807) is 0 Å².